The summed E-state index contributed by atoms with van der Waals surface area (Å²) in [6.45, 7) is 0.885. The van der Waals surface area contributed by atoms with Gasteiger partial charge in [0, 0.05) is 19.2 Å². The number of carbonyl (C=O) groups is 2. The topological polar surface area (TPSA) is 88.5 Å². The second kappa shape index (κ2) is 9.74. The van der Waals surface area contributed by atoms with Crippen LogP contribution in [0, 0.1) is 0 Å². The highest BCUT2D eigenvalue weighted by molar-refractivity contribution is 6.46. The van der Waals surface area contributed by atoms with E-state index >= 15 is 0 Å². The molecule has 8 heteroatoms. The van der Waals surface area contributed by atoms with Gasteiger partial charge < -0.3 is 29.1 Å². The van der Waals surface area contributed by atoms with E-state index in [9.17, 15) is 14.7 Å². The number of ether oxygens (including phenoxy) is 3. The molecule has 1 aliphatic heterocycles. The third-order valence-corrected chi connectivity index (χ3v) is 5.42. The van der Waals surface area contributed by atoms with E-state index in [1.165, 1.54) is 19.1 Å². The zero-order chi connectivity index (χ0) is 23.4. The van der Waals surface area contributed by atoms with Crippen LogP contribution in [0.15, 0.2) is 48.0 Å². The Kier molecular flexibility index (Phi) is 7.05. The molecule has 1 fully saturated rings. The number of rotatable bonds is 8. The van der Waals surface area contributed by atoms with Crippen LogP contribution in [0.3, 0.4) is 0 Å². The number of methoxy groups -OCH3 is 3. The number of hydrogen-bond donors (Lipinski definition) is 1. The molecule has 1 heterocycles. The van der Waals surface area contributed by atoms with Crippen LogP contribution in [0.1, 0.15) is 17.2 Å². The summed E-state index contributed by atoms with van der Waals surface area (Å²) >= 11 is 0. The summed E-state index contributed by atoms with van der Waals surface area (Å²) in [5.74, 6) is -0.167. The Labute approximate surface area is 187 Å². The van der Waals surface area contributed by atoms with Crippen molar-refractivity contribution in [2.45, 2.75) is 6.04 Å². The number of amides is 1. The van der Waals surface area contributed by atoms with E-state index in [4.69, 9.17) is 14.2 Å². The van der Waals surface area contributed by atoms with Crippen LogP contribution in [-0.2, 0) is 9.59 Å². The highest BCUT2D eigenvalue weighted by Crippen LogP contribution is 2.41. The van der Waals surface area contributed by atoms with Crippen molar-refractivity contribution in [3.63, 3.8) is 0 Å². The molecule has 1 saturated heterocycles. The number of hydrogen-bond acceptors (Lipinski definition) is 7. The van der Waals surface area contributed by atoms with Gasteiger partial charge in [-0.3, -0.25) is 9.59 Å². The van der Waals surface area contributed by atoms with E-state index in [0.29, 0.717) is 41.5 Å². The van der Waals surface area contributed by atoms with Crippen LogP contribution in [-0.4, -0.2) is 75.1 Å². The first kappa shape index (κ1) is 23.1. The minimum Gasteiger partial charge on any atom is -0.507 e. The first-order chi connectivity index (χ1) is 15.3. The van der Waals surface area contributed by atoms with Crippen LogP contribution >= 0.6 is 0 Å². The van der Waals surface area contributed by atoms with Crippen molar-refractivity contribution in [1.82, 2.24) is 9.80 Å². The second-order valence-corrected chi connectivity index (χ2v) is 7.64. The minimum atomic E-state index is -0.743. The molecule has 1 unspecified atom stereocenters. The van der Waals surface area contributed by atoms with E-state index in [1.54, 1.807) is 49.6 Å². The highest BCUT2D eigenvalue weighted by atomic mass is 16.5. The monoisotopic (exact) mass is 440 g/mol. The van der Waals surface area contributed by atoms with Crippen molar-refractivity contribution in [1.29, 1.82) is 0 Å². The fourth-order valence-electron chi connectivity index (χ4n) is 3.69. The standard InChI is InChI=1S/C24H28N2O6/c1-25(2)12-13-26-21(15-6-8-16(30-3)9-7-15)20(23(28)24(26)29)22(27)18-11-10-17(31-4)14-19(18)32-5/h6-11,14,21,27H,12-13H2,1-5H3. The molecule has 2 aromatic rings. The highest BCUT2D eigenvalue weighted by Gasteiger charge is 2.46. The van der Waals surface area contributed by atoms with Gasteiger partial charge in [0.15, 0.2) is 0 Å². The average molecular weight is 440 g/mol. The van der Waals surface area contributed by atoms with E-state index < -0.39 is 17.7 Å². The first-order valence-corrected chi connectivity index (χ1v) is 10.1. The molecular formula is C24H28N2O6. The predicted octanol–water partition coefficient (Wildman–Crippen LogP) is 2.70. The van der Waals surface area contributed by atoms with Gasteiger partial charge in [-0.05, 0) is 43.9 Å². The van der Waals surface area contributed by atoms with E-state index in [1.807, 2.05) is 19.0 Å². The van der Waals surface area contributed by atoms with Crippen molar-refractivity contribution in [3.05, 3.63) is 59.2 Å². The quantitative estimate of drug-likeness (QED) is 0.384. The Morgan fingerprint density at radius 1 is 0.969 bits per heavy atom. The zero-order valence-corrected chi connectivity index (χ0v) is 18.9. The van der Waals surface area contributed by atoms with Crippen LogP contribution in [0.25, 0.3) is 5.76 Å². The Hall–Kier alpha value is -3.52. The van der Waals surface area contributed by atoms with E-state index in [-0.39, 0.29) is 11.3 Å². The summed E-state index contributed by atoms with van der Waals surface area (Å²) in [6.07, 6.45) is 0. The Bertz CT molecular complexity index is 1030. The molecule has 1 N–H and O–H groups in total. The largest absolute Gasteiger partial charge is 0.507 e. The summed E-state index contributed by atoms with van der Waals surface area (Å²) in [6, 6.07) is 11.2. The molecule has 1 amide bonds. The van der Waals surface area contributed by atoms with Gasteiger partial charge in [0.25, 0.3) is 11.7 Å². The van der Waals surface area contributed by atoms with Gasteiger partial charge in [0.1, 0.15) is 23.0 Å². The number of likely N-dealkylation sites (N-methyl/N-ethyl adjacent to an activating group) is 1. The number of carbonyl (C=O) groups excluding carboxylic acids is 2. The smallest absolute Gasteiger partial charge is 0.295 e. The Morgan fingerprint density at radius 3 is 2.16 bits per heavy atom. The van der Waals surface area contributed by atoms with E-state index in [0.717, 1.165) is 0 Å². The van der Waals surface area contributed by atoms with Crippen LogP contribution in [0.5, 0.6) is 17.2 Å². The van der Waals surface area contributed by atoms with Gasteiger partial charge in [0.05, 0.1) is 38.5 Å². The van der Waals surface area contributed by atoms with Gasteiger partial charge in [0.2, 0.25) is 0 Å². The van der Waals surface area contributed by atoms with Crippen molar-refractivity contribution in [2.75, 3.05) is 48.5 Å². The number of ketones is 1. The molecule has 0 bridgehead atoms. The summed E-state index contributed by atoms with van der Waals surface area (Å²) in [5.41, 5.74) is 1.01. The third kappa shape index (κ3) is 4.40. The molecule has 1 aliphatic rings. The van der Waals surface area contributed by atoms with Crippen LogP contribution in [0.2, 0.25) is 0 Å². The van der Waals surface area contributed by atoms with E-state index in [2.05, 4.69) is 0 Å². The predicted molar refractivity (Wildman–Crippen MR) is 120 cm³/mol. The maximum Gasteiger partial charge on any atom is 0.295 e. The molecule has 1 atom stereocenters. The molecule has 0 aromatic heterocycles. The summed E-state index contributed by atoms with van der Waals surface area (Å²) < 4.78 is 15.8. The number of likely N-dealkylation sites (tertiary alicyclic amines) is 1. The maximum atomic E-state index is 13.1. The molecule has 0 aliphatic carbocycles. The Balaban J connectivity index is 2.17. The number of Topliss-reactive ketones (excluding diaryl/α,β-unsaturated/α-hetero) is 1. The first-order valence-electron chi connectivity index (χ1n) is 10.1. The number of nitrogens with zero attached hydrogens (tertiary/aromatic N) is 2. The van der Waals surface area contributed by atoms with Crippen molar-refractivity contribution < 1.29 is 28.9 Å². The van der Waals surface area contributed by atoms with Crippen LogP contribution in [0.4, 0.5) is 0 Å². The molecule has 2 aromatic carbocycles. The summed E-state index contributed by atoms with van der Waals surface area (Å²) in [7, 11) is 8.33. The number of benzene rings is 2. The van der Waals surface area contributed by atoms with Gasteiger partial charge in [-0.2, -0.15) is 0 Å². The van der Waals surface area contributed by atoms with Gasteiger partial charge in [-0.15, -0.1) is 0 Å². The lowest BCUT2D eigenvalue weighted by Crippen LogP contribution is -2.35. The molecule has 0 spiro atoms. The Morgan fingerprint density at radius 2 is 1.59 bits per heavy atom. The lowest BCUT2D eigenvalue weighted by molar-refractivity contribution is -0.140. The third-order valence-electron chi connectivity index (χ3n) is 5.42. The molecule has 170 valence electrons. The fourth-order valence-corrected chi connectivity index (χ4v) is 3.69. The number of aliphatic hydroxyl groups excluding tert-OH is 1. The van der Waals surface area contributed by atoms with Gasteiger partial charge >= 0.3 is 0 Å². The fraction of sp³-hybridized carbons (Fsp3) is 0.333. The van der Waals surface area contributed by atoms with Crippen molar-refractivity contribution in [2.24, 2.45) is 0 Å². The van der Waals surface area contributed by atoms with Gasteiger partial charge in [-0.1, -0.05) is 12.1 Å². The van der Waals surface area contributed by atoms with Crippen LogP contribution < -0.4 is 14.2 Å². The minimum absolute atomic E-state index is 0.0161. The van der Waals surface area contributed by atoms with Crippen molar-refractivity contribution in [3.8, 4) is 17.2 Å². The molecular weight excluding hydrogens is 412 g/mol. The molecule has 32 heavy (non-hydrogen) atoms. The lowest BCUT2D eigenvalue weighted by atomic mass is 9.95. The maximum absolute atomic E-state index is 13.1. The molecule has 8 nitrogen and oxygen atoms in total. The SMILES string of the molecule is COc1ccc(C2C(=C(O)c3ccc(OC)cc3OC)C(=O)C(=O)N2CCN(C)C)cc1. The normalized spacial score (nSPS) is 17.7. The van der Waals surface area contributed by atoms with Crippen molar-refractivity contribution >= 4 is 17.4 Å². The average Bonchev–Trinajstić information content (AvgIpc) is 3.06. The zero-order valence-electron chi connectivity index (χ0n) is 18.9. The summed E-state index contributed by atoms with van der Waals surface area (Å²) in [5, 5.41) is 11.2. The van der Waals surface area contributed by atoms with Gasteiger partial charge in [-0.25, -0.2) is 0 Å². The molecule has 0 saturated carbocycles. The second-order valence-electron chi connectivity index (χ2n) is 7.64. The molecule has 0 radical (unpaired) electrons. The molecule has 3 rings (SSSR count). The number of aliphatic hydroxyl groups is 1. The summed E-state index contributed by atoms with van der Waals surface area (Å²) in [4.78, 5) is 29.5. The lowest BCUT2D eigenvalue weighted by Gasteiger charge is -2.26.